The van der Waals surface area contributed by atoms with E-state index in [9.17, 15) is 40.3 Å². The number of hydrogen-bond donors (Lipinski definition) is 2. The maximum atomic E-state index is 14.6. The van der Waals surface area contributed by atoms with Crippen molar-refractivity contribution < 1.29 is 40.3 Å². The van der Waals surface area contributed by atoms with Gasteiger partial charge in [0.1, 0.15) is 23.9 Å². The molecule has 0 saturated carbocycles. The molecule has 1 aliphatic heterocycles. The van der Waals surface area contributed by atoms with Crippen LogP contribution in [0.1, 0.15) is 28.5 Å². The Morgan fingerprint density at radius 3 is 2.45 bits per heavy atom. The zero-order valence-electron chi connectivity index (χ0n) is 19.7. The molecule has 4 rings (SSSR count). The first-order valence-electron chi connectivity index (χ1n) is 11.1. The van der Waals surface area contributed by atoms with E-state index in [-0.39, 0.29) is 22.5 Å². The maximum Gasteiger partial charge on any atom is 0.418 e. The second-order valence-electron chi connectivity index (χ2n) is 8.81. The number of halogens is 7. The number of nitrogens with zero attached hydrogens (tertiary/aromatic N) is 5. The fourth-order valence-corrected chi connectivity index (χ4v) is 4.13. The van der Waals surface area contributed by atoms with Crippen LogP contribution < -0.4 is 11.1 Å². The predicted molar refractivity (Wildman–Crippen MR) is 118 cm³/mol. The van der Waals surface area contributed by atoms with Crippen molar-refractivity contribution in [3.05, 3.63) is 41.5 Å². The van der Waals surface area contributed by atoms with Gasteiger partial charge in [-0.25, -0.2) is 13.9 Å². The molecule has 3 N–H and O–H groups in total. The van der Waals surface area contributed by atoms with Crippen molar-refractivity contribution in [2.75, 3.05) is 18.8 Å². The molecule has 0 aromatic carbocycles. The third-order valence-electron chi connectivity index (χ3n) is 6.25. The van der Waals surface area contributed by atoms with Crippen molar-refractivity contribution >= 4 is 23.1 Å². The lowest BCUT2D eigenvalue weighted by Gasteiger charge is -2.22. The standard InChI is InChI=1S/C22H20F7N7O2/c1-9(21(24,25)26)20(38)35-6-14(23)15(7-35)34-19(37)12-3-11(5-31-10(12)2)16-4-13(22(27,28)29)17-18(30)32-8-33-36(16)17/h3-5,8-9,14-15H,6-7H2,1-2H3,(H,34,37)(H2,30,32,33)/t9?,14-,15+/m0/s1. The van der Waals surface area contributed by atoms with E-state index in [1.165, 1.54) is 19.2 Å². The minimum Gasteiger partial charge on any atom is -0.382 e. The van der Waals surface area contributed by atoms with E-state index in [4.69, 9.17) is 5.73 Å². The fourth-order valence-electron chi connectivity index (χ4n) is 4.13. The first-order chi connectivity index (χ1) is 17.6. The number of aryl methyl sites for hydroxylation is 1. The lowest BCUT2D eigenvalue weighted by atomic mass is 10.1. The summed E-state index contributed by atoms with van der Waals surface area (Å²) in [5.41, 5.74) is 3.99. The first kappa shape index (κ1) is 27.1. The van der Waals surface area contributed by atoms with Gasteiger partial charge in [0.2, 0.25) is 5.91 Å². The third-order valence-corrected chi connectivity index (χ3v) is 6.25. The Kier molecular flexibility index (Phi) is 6.69. The molecule has 0 bridgehead atoms. The van der Waals surface area contributed by atoms with Gasteiger partial charge in [-0.1, -0.05) is 0 Å². The molecule has 3 aromatic rings. The molecule has 204 valence electrons. The van der Waals surface area contributed by atoms with Crippen LogP contribution in [0.5, 0.6) is 0 Å². The van der Waals surface area contributed by atoms with Gasteiger partial charge < -0.3 is 16.0 Å². The smallest absolute Gasteiger partial charge is 0.382 e. The van der Waals surface area contributed by atoms with E-state index < -0.39 is 72.3 Å². The quantitative estimate of drug-likeness (QED) is 0.485. The largest absolute Gasteiger partial charge is 0.418 e. The van der Waals surface area contributed by atoms with Gasteiger partial charge in [-0.15, -0.1) is 0 Å². The summed E-state index contributed by atoms with van der Waals surface area (Å²) in [4.78, 5) is 33.4. The Bertz CT molecular complexity index is 1400. The van der Waals surface area contributed by atoms with Gasteiger partial charge in [-0.3, -0.25) is 14.6 Å². The van der Waals surface area contributed by atoms with Crippen LogP contribution in [-0.2, 0) is 11.0 Å². The van der Waals surface area contributed by atoms with Gasteiger partial charge in [0.15, 0.2) is 5.82 Å². The minimum atomic E-state index is -4.81. The Labute approximate surface area is 209 Å². The second kappa shape index (κ2) is 9.40. The lowest BCUT2D eigenvalue weighted by Crippen LogP contribution is -2.43. The number of nitrogens with two attached hydrogens (primary N) is 1. The summed E-state index contributed by atoms with van der Waals surface area (Å²) in [6.07, 6.45) is -9.29. The van der Waals surface area contributed by atoms with Crippen LogP contribution >= 0.6 is 0 Å². The number of aromatic nitrogens is 4. The Morgan fingerprint density at radius 1 is 1.13 bits per heavy atom. The molecular weight excluding hydrogens is 527 g/mol. The summed E-state index contributed by atoms with van der Waals surface area (Å²) in [5, 5.41) is 6.17. The van der Waals surface area contributed by atoms with Crippen molar-refractivity contribution in [2.24, 2.45) is 5.92 Å². The number of rotatable bonds is 4. The Morgan fingerprint density at radius 2 is 1.82 bits per heavy atom. The molecule has 0 spiro atoms. The number of amides is 2. The summed E-state index contributed by atoms with van der Waals surface area (Å²) in [6, 6.07) is 0.677. The van der Waals surface area contributed by atoms with Gasteiger partial charge >= 0.3 is 12.4 Å². The van der Waals surface area contributed by atoms with Crippen LogP contribution in [0.2, 0.25) is 0 Å². The number of likely N-dealkylation sites (tertiary alicyclic amines) is 1. The molecule has 1 saturated heterocycles. The molecule has 1 unspecified atom stereocenters. The number of nitrogens with one attached hydrogen (secondary N) is 1. The third kappa shape index (κ3) is 4.93. The monoisotopic (exact) mass is 547 g/mol. The molecule has 4 heterocycles. The minimum absolute atomic E-state index is 0.0448. The van der Waals surface area contributed by atoms with Gasteiger partial charge in [-0.2, -0.15) is 31.4 Å². The number of fused-ring (bicyclic) bond motifs is 1. The van der Waals surface area contributed by atoms with Gasteiger partial charge in [0.25, 0.3) is 5.91 Å². The average Bonchev–Trinajstić information content (AvgIpc) is 3.39. The molecule has 9 nitrogen and oxygen atoms in total. The zero-order valence-corrected chi connectivity index (χ0v) is 19.7. The highest BCUT2D eigenvalue weighted by Crippen LogP contribution is 2.38. The number of pyridine rings is 1. The molecule has 1 fully saturated rings. The average molecular weight is 547 g/mol. The van der Waals surface area contributed by atoms with Crippen molar-refractivity contribution in [2.45, 2.75) is 38.4 Å². The number of alkyl halides is 7. The van der Waals surface area contributed by atoms with Gasteiger partial charge in [0.05, 0.1) is 35.1 Å². The number of hydrogen-bond acceptors (Lipinski definition) is 6. The van der Waals surface area contributed by atoms with E-state index in [2.05, 4.69) is 20.4 Å². The normalized spacial score (nSPS) is 19.1. The summed E-state index contributed by atoms with van der Waals surface area (Å²) >= 11 is 0. The summed E-state index contributed by atoms with van der Waals surface area (Å²) in [7, 11) is 0. The predicted octanol–water partition coefficient (Wildman–Crippen LogP) is 3.18. The SMILES string of the molecule is Cc1ncc(-c2cc(C(F)(F)F)c3c(N)ncnn23)cc1C(=O)N[C@@H]1CN(C(=O)C(C)C(F)(F)F)C[C@@H]1F. The van der Waals surface area contributed by atoms with Gasteiger partial charge in [-0.05, 0) is 26.0 Å². The molecule has 1 aliphatic rings. The topological polar surface area (TPSA) is 119 Å². The molecule has 0 aliphatic carbocycles. The van der Waals surface area contributed by atoms with E-state index in [1.54, 1.807) is 0 Å². The van der Waals surface area contributed by atoms with Crippen LogP contribution in [0.4, 0.5) is 36.6 Å². The number of carbonyl (C=O) groups is 2. The number of anilines is 1. The maximum absolute atomic E-state index is 14.6. The molecule has 38 heavy (non-hydrogen) atoms. The summed E-state index contributed by atoms with van der Waals surface area (Å²) < 4.78 is 95.0. The summed E-state index contributed by atoms with van der Waals surface area (Å²) in [6.45, 7) is 0.959. The second-order valence-corrected chi connectivity index (χ2v) is 8.81. The van der Waals surface area contributed by atoms with Crippen molar-refractivity contribution in [3.8, 4) is 11.3 Å². The van der Waals surface area contributed by atoms with E-state index in [1.807, 2.05) is 0 Å². The van der Waals surface area contributed by atoms with E-state index in [0.717, 1.165) is 16.9 Å². The van der Waals surface area contributed by atoms with Crippen LogP contribution in [0, 0.1) is 12.8 Å². The van der Waals surface area contributed by atoms with Gasteiger partial charge in [0, 0.05) is 18.3 Å². The van der Waals surface area contributed by atoms with Crippen LogP contribution in [0.3, 0.4) is 0 Å². The van der Waals surface area contributed by atoms with Crippen LogP contribution in [-0.4, -0.2) is 67.8 Å². The molecule has 16 heteroatoms. The summed E-state index contributed by atoms with van der Waals surface area (Å²) in [5.74, 6) is -4.97. The molecule has 3 atom stereocenters. The first-order valence-corrected chi connectivity index (χ1v) is 11.1. The number of carbonyl (C=O) groups excluding carboxylic acids is 2. The zero-order chi connectivity index (χ0) is 28.2. The highest BCUT2D eigenvalue weighted by molar-refractivity contribution is 5.97. The van der Waals surface area contributed by atoms with E-state index >= 15 is 0 Å². The molecule has 0 radical (unpaired) electrons. The van der Waals surface area contributed by atoms with Crippen molar-refractivity contribution in [3.63, 3.8) is 0 Å². The van der Waals surface area contributed by atoms with Crippen molar-refractivity contribution in [1.82, 2.24) is 29.8 Å². The highest BCUT2D eigenvalue weighted by Gasteiger charge is 2.46. The van der Waals surface area contributed by atoms with E-state index in [0.29, 0.717) is 11.8 Å². The Balaban J connectivity index is 1.62. The Hall–Kier alpha value is -3.98. The van der Waals surface area contributed by atoms with Crippen molar-refractivity contribution in [1.29, 1.82) is 0 Å². The molecule has 2 amide bonds. The molecular formula is C22H20F7N7O2. The molecule has 3 aromatic heterocycles. The number of nitrogen functional groups attached to an aromatic ring is 1. The van der Waals surface area contributed by atoms with Crippen LogP contribution in [0.15, 0.2) is 24.7 Å². The lowest BCUT2D eigenvalue weighted by molar-refractivity contribution is -0.185. The van der Waals surface area contributed by atoms with Crippen LogP contribution in [0.25, 0.3) is 16.8 Å². The highest BCUT2D eigenvalue weighted by atomic mass is 19.4. The fraction of sp³-hybridized carbons (Fsp3) is 0.409.